The average molecular weight is 382 g/mol. The highest BCUT2D eigenvalue weighted by atomic mass is 16.2. The van der Waals surface area contributed by atoms with Gasteiger partial charge in [0.05, 0.1) is 6.54 Å². The highest BCUT2D eigenvalue weighted by molar-refractivity contribution is 5.96. The Morgan fingerprint density at radius 3 is 1.86 bits per heavy atom. The molecular weight excluding hydrogens is 356 g/mol. The molecule has 3 amide bonds. The molecule has 0 aliphatic rings. The lowest BCUT2D eigenvalue weighted by Gasteiger charge is -2.18. The minimum absolute atomic E-state index is 0.0566. The van der Waals surface area contributed by atoms with Crippen LogP contribution in [-0.4, -0.2) is 24.3 Å². The van der Waals surface area contributed by atoms with Crippen LogP contribution in [0.4, 0.5) is 22.7 Å². The molecule has 7 nitrogen and oxygen atoms in total. The second kappa shape index (κ2) is 9.03. The fourth-order valence-corrected chi connectivity index (χ4v) is 2.29. The number of hydrogen-bond acceptors (Lipinski definition) is 4. The molecule has 148 valence electrons. The molecule has 0 aromatic heterocycles. The van der Waals surface area contributed by atoms with Gasteiger partial charge in [-0.25, -0.2) is 0 Å². The Hall–Kier alpha value is -3.35. The van der Waals surface area contributed by atoms with Crippen LogP contribution in [0.15, 0.2) is 48.5 Å². The van der Waals surface area contributed by atoms with Gasteiger partial charge in [-0.15, -0.1) is 0 Å². The van der Waals surface area contributed by atoms with Gasteiger partial charge in [0.15, 0.2) is 0 Å². The van der Waals surface area contributed by atoms with E-state index < -0.39 is 5.41 Å². The molecule has 0 atom stereocenters. The minimum Gasteiger partial charge on any atom is -0.376 e. The highest BCUT2D eigenvalue weighted by Gasteiger charge is 2.21. The zero-order valence-corrected chi connectivity index (χ0v) is 16.6. The fourth-order valence-electron chi connectivity index (χ4n) is 2.29. The van der Waals surface area contributed by atoms with Crippen LogP contribution in [0.2, 0.25) is 0 Å². The van der Waals surface area contributed by atoms with Crippen LogP contribution >= 0.6 is 0 Å². The van der Waals surface area contributed by atoms with E-state index in [9.17, 15) is 14.4 Å². The fraction of sp³-hybridized carbons (Fsp3) is 0.286. The Bertz CT molecular complexity index is 872. The lowest BCUT2D eigenvalue weighted by atomic mass is 9.95. The van der Waals surface area contributed by atoms with Gasteiger partial charge in [-0.1, -0.05) is 32.9 Å². The van der Waals surface area contributed by atoms with Crippen molar-refractivity contribution in [1.29, 1.82) is 0 Å². The first-order valence-electron chi connectivity index (χ1n) is 8.96. The van der Waals surface area contributed by atoms with E-state index in [0.29, 0.717) is 22.7 Å². The summed E-state index contributed by atoms with van der Waals surface area (Å²) >= 11 is 0. The Kier molecular flexibility index (Phi) is 6.76. The first-order chi connectivity index (χ1) is 13.1. The quantitative estimate of drug-likeness (QED) is 0.612. The number of hydrogen-bond donors (Lipinski definition) is 4. The predicted molar refractivity (Wildman–Crippen MR) is 112 cm³/mol. The molecule has 7 heteroatoms. The minimum atomic E-state index is -0.491. The number of carbonyl (C=O) groups excluding carboxylic acids is 3. The van der Waals surface area contributed by atoms with Gasteiger partial charge in [0.2, 0.25) is 17.7 Å². The van der Waals surface area contributed by atoms with E-state index in [2.05, 4.69) is 21.3 Å². The normalized spacial score (nSPS) is 10.7. The molecular formula is C21H26N4O3. The summed E-state index contributed by atoms with van der Waals surface area (Å²) in [5.74, 6) is -0.492. The molecule has 0 aliphatic carbocycles. The maximum absolute atomic E-state index is 12.2. The summed E-state index contributed by atoms with van der Waals surface area (Å²) in [6.07, 6.45) is 0. The Balaban J connectivity index is 1.92. The zero-order chi connectivity index (χ0) is 20.7. The van der Waals surface area contributed by atoms with Gasteiger partial charge in [0.1, 0.15) is 0 Å². The van der Waals surface area contributed by atoms with Gasteiger partial charge in [-0.05, 0) is 36.4 Å². The smallest absolute Gasteiger partial charge is 0.243 e. The molecule has 4 N–H and O–H groups in total. The molecule has 2 aromatic rings. The average Bonchev–Trinajstić information content (AvgIpc) is 2.59. The number of amides is 3. The van der Waals surface area contributed by atoms with Crippen LogP contribution in [-0.2, 0) is 14.4 Å². The molecule has 0 saturated carbocycles. The summed E-state index contributed by atoms with van der Waals surface area (Å²) < 4.78 is 0. The molecule has 2 rings (SSSR count). The van der Waals surface area contributed by atoms with Crippen molar-refractivity contribution >= 4 is 40.5 Å². The first kappa shape index (κ1) is 21.0. The maximum atomic E-state index is 12.2. The van der Waals surface area contributed by atoms with E-state index in [1.165, 1.54) is 6.92 Å². The van der Waals surface area contributed by atoms with Crippen LogP contribution in [0.25, 0.3) is 0 Å². The molecule has 0 fully saturated rings. The van der Waals surface area contributed by atoms with Crippen LogP contribution in [0, 0.1) is 5.41 Å². The van der Waals surface area contributed by atoms with Crippen molar-refractivity contribution in [1.82, 2.24) is 0 Å². The molecule has 0 unspecified atom stereocenters. The van der Waals surface area contributed by atoms with Crippen LogP contribution in [0.3, 0.4) is 0 Å². The molecule has 0 saturated heterocycles. The van der Waals surface area contributed by atoms with Crippen molar-refractivity contribution in [2.24, 2.45) is 5.41 Å². The monoisotopic (exact) mass is 382 g/mol. The van der Waals surface area contributed by atoms with E-state index in [1.807, 2.05) is 26.8 Å². The van der Waals surface area contributed by atoms with Gasteiger partial charge in [-0.2, -0.15) is 0 Å². The molecule has 28 heavy (non-hydrogen) atoms. The van der Waals surface area contributed by atoms with E-state index in [4.69, 9.17) is 0 Å². The molecule has 0 bridgehead atoms. The van der Waals surface area contributed by atoms with E-state index in [1.54, 1.807) is 42.5 Å². The van der Waals surface area contributed by atoms with E-state index in [-0.39, 0.29) is 24.3 Å². The van der Waals surface area contributed by atoms with Gasteiger partial charge in [0.25, 0.3) is 0 Å². The van der Waals surface area contributed by atoms with Crippen molar-refractivity contribution in [3.8, 4) is 0 Å². The molecule has 0 heterocycles. The number of anilines is 4. The number of carbonyl (C=O) groups is 3. The van der Waals surface area contributed by atoms with Crippen LogP contribution < -0.4 is 21.3 Å². The lowest BCUT2D eigenvalue weighted by molar-refractivity contribution is -0.123. The van der Waals surface area contributed by atoms with Crippen LogP contribution in [0.5, 0.6) is 0 Å². The van der Waals surface area contributed by atoms with E-state index in [0.717, 1.165) is 0 Å². The SMILES string of the molecule is CC(=O)Nc1cccc(NC(=O)CNc2cccc(NC(=O)C(C)(C)C)c2)c1. The third-order valence-corrected chi connectivity index (χ3v) is 3.72. The summed E-state index contributed by atoms with van der Waals surface area (Å²) in [4.78, 5) is 35.4. The topological polar surface area (TPSA) is 99.3 Å². The van der Waals surface area contributed by atoms with Crippen molar-refractivity contribution in [3.63, 3.8) is 0 Å². The molecule has 0 radical (unpaired) electrons. The Labute approximate surface area is 164 Å². The maximum Gasteiger partial charge on any atom is 0.243 e. The molecule has 0 spiro atoms. The van der Waals surface area contributed by atoms with Gasteiger partial charge < -0.3 is 21.3 Å². The highest BCUT2D eigenvalue weighted by Crippen LogP contribution is 2.20. The third kappa shape index (κ3) is 6.75. The number of benzene rings is 2. The predicted octanol–water partition coefficient (Wildman–Crippen LogP) is 3.68. The van der Waals surface area contributed by atoms with Crippen LogP contribution in [0.1, 0.15) is 27.7 Å². The summed E-state index contributed by atoms with van der Waals surface area (Å²) in [5, 5.41) is 11.3. The van der Waals surface area contributed by atoms with Crippen molar-refractivity contribution in [3.05, 3.63) is 48.5 Å². The second-order valence-corrected chi connectivity index (χ2v) is 7.45. The van der Waals surface area contributed by atoms with Gasteiger partial charge in [0, 0.05) is 35.1 Å². The van der Waals surface area contributed by atoms with Crippen molar-refractivity contribution in [2.45, 2.75) is 27.7 Å². The standard InChI is InChI=1S/C21H26N4O3/c1-14(26)23-16-8-6-9-17(12-16)24-19(27)13-22-15-7-5-10-18(11-15)25-20(28)21(2,3)4/h5-12,22H,13H2,1-4H3,(H,23,26)(H,24,27)(H,25,28). The largest absolute Gasteiger partial charge is 0.376 e. The summed E-state index contributed by atoms with van der Waals surface area (Å²) in [7, 11) is 0. The number of nitrogens with one attached hydrogen (secondary N) is 4. The summed E-state index contributed by atoms with van der Waals surface area (Å²) in [6, 6.07) is 14.1. The summed E-state index contributed by atoms with van der Waals surface area (Å²) in [6.45, 7) is 7.01. The third-order valence-electron chi connectivity index (χ3n) is 3.72. The van der Waals surface area contributed by atoms with Gasteiger partial charge >= 0.3 is 0 Å². The molecule has 2 aromatic carbocycles. The summed E-state index contributed by atoms with van der Waals surface area (Å²) in [5.41, 5.74) is 2.08. The first-order valence-corrected chi connectivity index (χ1v) is 8.96. The van der Waals surface area contributed by atoms with E-state index >= 15 is 0 Å². The molecule has 0 aliphatic heterocycles. The van der Waals surface area contributed by atoms with Gasteiger partial charge in [-0.3, -0.25) is 14.4 Å². The Morgan fingerprint density at radius 1 is 0.786 bits per heavy atom. The second-order valence-electron chi connectivity index (χ2n) is 7.45. The zero-order valence-electron chi connectivity index (χ0n) is 16.6. The van der Waals surface area contributed by atoms with Crippen molar-refractivity contribution < 1.29 is 14.4 Å². The van der Waals surface area contributed by atoms with Crippen molar-refractivity contribution in [2.75, 3.05) is 27.8 Å². The lowest BCUT2D eigenvalue weighted by Crippen LogP contribution is -2.27. The Morgan fingerprint density at radius 2 is 1.29 bits per heavy atom. The number of rotatable bonds is 6.